The highest BCUT2D eigenvalue weighted by Gasteiger charge is 2.47. The van der Waals surface area contributed by atoms with Crippen LogP contribution in [0.1, 0.15) is 49.1 Å². The molecule has 0 saturated heterocycles. The number of carbonyl (C=O) groups excluding carboxylic acids is 1. The number of amides is 1. The van der Waals surface area contributed by atoms with Gasteiger partial charge in [-0.1, -0.05) is 6.42 Å². The zero-order valence-electron chi connectivity index (χ0n) is 11.6. The van der Waals surface area contributed by atoms with E-state index in [1.807, 2.05) is 11.8 Å². The van der Waals surface area contributed by atoms with E-state index in [2.05, 4.69) is 11.4 Å². The number of hydrogen-bond acceptors (Lipinski definition) is 3. The van der Waals surface area contributed by atoms with Crippen LogP contribution >= 0.6 is 11.3 Å². The molecule has 2 aliphatic rings. The van der Waals surface area contributed by atoms with Crippen LogP contribution in [0.2, 0.25) is 0 Å². The maximum absolute atomic E-state index is 12.5. The van der Waals surface area contributed by atoms with Gasteiger partial charge < -0.3 is 10.0 Å². The monoisotopic (exact) mass is 293 g/mol. The third-order valence-electron chi connectivity index (χ3n) is 4.85. The molecule has 0 aromatic carbocycles. The van der Waals surface area contributed by atoms with Crippen molar-refractivity contribution in [2.24, 2.45) is 5.41 Å². The molecule has 1 aliphatic carbocycles. The molecule has 1 aromatic heterocycles. The molecule has 1 atom stereocenters. The highest BCUT2D eigenvalue weighted by Crippen LogP contribution is 2.45. The Bertz CT molecular complexity index is 547. The fourth-order valence-corrected chi connectivity index (χ4v) is 4.27. The van der Waals surface area contributed by atoms with Gasteiger partial charge in [0.05, 0.1) is 11.5 Å². The summed E-state index contributed by atoms with van der Waals surface area (Å²) in [6.07, 6.45) is 3.25. The molecule has 0 spiro atoms. The van der Waals surface area contributed by atoms with Gasteiger partial charge in [0.15, 0.2) is 0 Å². The molecule has 2 heterocycles. The molecule has 1 unspecified atom stereocenters. The summed E-state index contributed by atoms with van der Waals surface area (Å²) in [5.41, 5.74) is 0.443. The summed E-state index contributed by atoms with van der Waals surface area (Å²) in [4.78, 5) is 27.1. The molecule has 108 valence electrons. The fourth-order valence-electron chi connectivity index (χ4n) is 3.31. The summed E-state index contributed by atoms with van der Waals surface area (Å²) < 4.78 is 0. The fraction of sp³-hybridized carbons (Fsp3) is 0.600. The molecule has 5 heteroatoms. The number of carboxylic acids is 1. The quantitative estimate of drug-likeness (QED) is 0.932. The van der Waals surface area contributed by atoms with Crippen molar-refractivity contribution in [2.45, 2.75) is 45.1 Å². The van der Waals surface area contributed by atoms with Crippen LogP contribution in [-0.2, 0) is 16.0 Å². The van der Waals surface area contributed by atoms with E-state index in [1.165, 1.54) is 10.4 Å². The van der Waals surface area contributed by atoms with Gasteiger partial charge in [0, 0.05) is 17.8 Å². The van der Waals surface area contributed by atoms with Gasteiger partial charge in [0.25, 0.3) is 0 Å². The highest BCUT2D eigenvalue weighted by molar-refractivity contribution is 7.10. The second-order valence-corrected chi connectivity index (χ2v) is 6.93. The van der Waals surface area contributed by atoms with Gasteiger partial charge >= 0.3 is 5.97 Å². The van der Waals surface area contributed by atoms with E-state index >= 15 is 0 Å². The van der Waals surface area contributed by atoms with Crippen molar-refractivity contribution < 1.29 is 14.7 Å². The van der Waals surface area contributed by atoms with Gasteiger partial charge in [0.1, 0.15) is 0 Å². The maximum atomic E-state index is 12.5. The summed E-state index contributed by atoms with van der Waals surface area (Å²) in [5.74, 6) is -0.811. The van der Waals surface area contributed by atoms with Crippen molar-refractivity contribution in [3.8, 4) is 0 Å². The number of fused-ring (bicyclic) bond motifs is 1. The first-order chi connectivity index (χ1) is 9.53. The lowest BCUT2D eigenvalue weighted by Crippen LogP contribution is -2.45. The Hall–Kier alpha value is -1.36. The largest absolute Gasteiger partial charge is 0.481 e. The summed E-state index contributed by atoms with van der Waals surface area (Å²) in [7, 11) is 0. The molecule has 4 nitrogen and oxygen atoms in total. The van der Waals surface area contributed by atoms with Crippen LogP contribution < -0.4 is 0 Å². The van der Waals surface area contributed by atoms with Crippen molar-refractivity contribution in [1.82, 2.24) is 4.90 Å². The molecule has 1 aromatic rings. The molecule has 1 amide bonds. The van der Waals surface area contributed by atoms with E-state index in [-0.39, 0.29) is 18.4 Å². The summed E-state index contributed by atoms with van der Waals surface area (Å²) >= 11 is 1.74. The molecule has 1 aliphatic heterocycles. The van der Waals surface area contributed by atoms with Crippen LogP contribution in [0.3, 0.4) is 0 Å². The van der Waals surface area contributed by atoms with E-state index in [0.717, 1.165) is 12.8 Å². The van der Waals surface area contributed by atoms with Gasteiger partial charge in [-0.2, -0.15) is 0 Å². The third kappa shape index (κ3) is 2.04. The smallest absolute Gasteiger partial charge is 0.310 e. The van der Waals surface area contributed by atoms with Crippen LogP contribution in [0.25, 0.3) is 0 Å². The Labute approximate surface area is 122 Å². The lowest BCUT2D eigenvalue weighted by molar-refractivity contribution is -0.160. The Kier molecular flexibility index (Phi) is 3.32. The van der Waals surface area contributed by atoms with Gasteiger partial charge in [-0.25, -0.2) is 0 Å². The van der Waals surface area contributed by atoms with Crippen LogP contribution in [-0.4, -0.2) is 28.4 Å². The van der Waals surface area contributed by atoms with Crippen LogP contribution in [0.15, 0.2) is 11.4 Å². The number of carboxylic acid groups (broad SMARTS) is 1. The average Bonchev–Trinajstić information content (AvgIpc) is 2.82. The molecule has 0 bridgehead atoms. The van der Waals surface area contributed by atoms with Crippen LogP contribution in [0.5, 0.6) is 0 Å². The van der Waals surface area contributed by atoms with Gasteiger partial charge in [-0.15, -0.1) is 11.3 Å². The first kappa shape index (κ1) is 13.6. The predicted molar refractivity (Wildman–Crippen MR) is 76.7 cm³/mol. The van der Waals surface area contributed by atoms with E-state index < -0.39 is 11.4 Å². The van der Waals surface area contributed by atoms with Crippen LogP contribution in [0.4, 0.5) is 0 Å². The average molecular weight is 293 g/mol. The first-order valence-corrected chi connectivity index (χ1v) is 8.01. The molecular weight excluding hydrogens is 274 g/mol. The minimum atomic E-state index is -0.807. The summed E-state index contributed by atoms with van der Waals surface area (Å²) in [5, 5.41) is 11.4. The molecular formula is C15H19NO3S. The van der Waals surface area contributed by atoms with Crippen LogP contribution in [0, 0.1) is 5.41 Å². The Morgan fingerprint density at radius 2 is 2.25 bits per heavy atom. The van der Waals surface area contributed by atoms with Gasteiger partial charge in [0.2, 0.25) is 5.91 Å². The van der Waals surface area contributed by atoms with E-state index in [1.54, 1.807) is 11.3 Å². The Balaban J connectivity index is 1.74. The zero-order chi connectivity index (χ0) is 14.3. The van der Waals surface area contributed by atoms with Gasteiger partial charge in [-0.05, 0) is 43.2 Å². The molecule has 20 heavy (non-hydrogen) atoms. The molecule has 1 saturated carbocycles. The molecule has 0 radical (unpaired) electrons. The number of rotatable bonds is 3. The third-order valence-corrected chi connectivity index (χ3v) is 5.85. The lowest BCUT2D eigenvalue weighted by Gasteiger charge is -2.40. The summed E-state index contributed by atoms with van der Waals surface area (Å²) in [6.45, 7) is 2.75. The predicted octanol–water partition coefficient (Wildman–Crippen LogP) is 2.84. The summed E-state index contributed by atoms with van der Waals surface area (Å²) in [6, 6.07) is 2.16. The van der Waals surface area contributed by atoms with E-state index in [9.17, 15) is 14.7 Å². The van der Waals surface area contributed by atoms with Crippen molar-refractivity contribution in [3.63, 3.8) is 0 Å². The minimum absolute atomic E-state index is 0.00329. The van der Waals surface area contributed by atoms with E-state index in [4.69, 9.17) is 0 Å². The van der Waals surface area contributed by atoms with Crippen molar-refractivity contribution >= 4 is 23.2 Å². The van der Waals surface area contributed by atoms with Gasteiger partial charge in [-0.3, -0.25) is 9.59 Å². The number of thiophene rings is 1. The van der Waals surface area contributed by atoms with Crippen molar-refractivity contribution in [1.29, 1.82) is 0 Å². The second kappa shape index (κ2) is 4.88. The maximum Gasteiger partial charge on any atom is 0.310 e. The molecule has 1 fully saturated rings. The number of nitrogens with zero attached hydrogens (tertiary/aromatic N) is 1. The SMILES string of the molecule is CC1c2ccsc2CCN1C(=O)CC1(C(=O)O)CCC1. The van der Waals surface area contributed by atoms with Crippen molar-refractivity contribution in [2.75, 3.05) is 6.54 Å². The number of carbonyl (C=O) groups is 2. The number of hydrogen-bond donors (Lipinski definition) is 1. The standard InChI is InChI=1S/C15H19NO3S/c1-10-11-4-8-20-12(11)3-7-16(10)13(17)9-15(14(18)19)5-2-6-15/h4,8,10H,2-3,5-7,9H2,1H3,(H,18,19). The lowest BCUT2D eigenvalue weighted by atomic mass is 9.66. The Morgan fingerprint density at radius 3 is 2.85 bits per heavy atom. The molecule has 3 rings (SSSR count). The normalized spacial score (nSPS) is 23.9. The second-order valence-electron chi connectivity index (χ2n) is 5.93. The minimum Gasteiger partial charge on any atom is -0.481 e. The van der Waals surface area contributed by atoms with E-state index in [0.29, 0.717) is 19.4 Å². The highest BCUT2D eigenvalue weighted by atomic mass is 32.1. The van der Waals surface area contributed by atoms with Crippen molar-refractivity contribution in [3.05, 3.63) is 21.9 Å². The zero-order valence-corrected chi connectivity index (χ0v) is 12.4. The topological polar surface area (TPSA) is 57.6 Å². The number of aliphatic carboxylic acids is 1. The molecule has 1 N–H and O–H groups in total. The first-order valence-electron chi connectivity index (χ1n) is 7.13. The Morgan fingerprint density at radius 1 is 1.50 bits per heavy atom.